The lowest BCUT2D eigenvalue weighted by Gasteiger charge is -2.16. The highest BCUT2D eigenvalue weighted by atomic mass is 16.6. The number of carbonyl (C=O) groups is 1. The van der Waals surface area contributed by atoms with Crippen LogP contribution in [0.3, 0.4) is 0 Å². The smallest absolute Gasteiger partial charge is 0.347 e. The number of rotatable bonds is 7. The molecular formula is C20H24O3. The third-order valence-electron chi connectivity index (χ3n) is 3.60. The fourth-order valence-corrected chi connectivity index (χ4v) is 2.23. The topological polar surface area (TPSA) is 35.5 Å². The van der Waals surface area contributed by atoms with Gasteiger partial charge in [0.05, 0.1) is 6.61 Å². The quantitative estimate of drug-likeness (QED) is 0.691. The minimum absolute atomic E-state index is 0.294. The number of carbonyl (C=O) groups excluding carboxylic acids is 1. The zero-order chi connectivity index (χ0) is 16.7. The van der Waals surface area contributed by atoms with Gasteiger partial charge in [-0.2, -0.15) is 0 Å². The summed E-state index contributed by atoms with van der Waals surface area (Å²) in [6, 6.07) is 16.2. The molecule has 0 bridgehead atoms. The average molecular weight is 312 g/mol. The van der Waals surface area contributed by atoms with Gasteiger partial charge in [-0.25, -0.2) is 4.79 Å². The molecule has 2 rings (SSSR count). The van der Waals surface area contributed by atoms with Gasteiger partial charge in [0.15, 0.2) is 6.10 Å². The van der Waals surface area contributed by atoms with E-state index < -0.39 is 6.10 Å². The van der Waals surface area contributed by atoms with Crippen LogP contribution in [0.25, 0.3) is 11.1 Å². The summed E-state index contributed by atoms with van der Waals surface area (Å²) in [5, 5.41) is 0. The summed E-state index contributed by atoms with van der Waals surface area (Å²) in [6.07, 6.45) is 0.849. The van der Waals surface area contributed by atoms with Crippen LogP contribution in [0.4, 0.5) is 0 Å². The van der Waals surface area contributed by atoms with E-state index in [0.717, 1.165) is 17.5 Å². The summed E-state index contributed by atoms with van der Waals surface area (Å²) in [5.74, 6) is 0.387. The summed E-state index contributed by atoms with van der Waals surface area (Å²) >= 11 is 0. The normalized spacial score (nSPS) is 11.8. The first-order valence-electron chi connectivity index (χ1n) is 8.14. The van der Waals surface area contributed by atoms with Gasteiger partial charge in [-0.15, -0.1) is 0 Å². The SMILES string of the molecule is CCCOC(=O)[C@@H](CC)Oc1ccc(-c2ccc(C)cc2)cc1. The second-order valence-electron chi connectivity index (χ2n) is 5.57. The number of hydrogen-bond donors (Lipinski definition) is 0. The molecule has 0 N–H and O–H groups in total. The number of esters is 1. The molecule has 0 unspecified atom stereocenters. The molecule has 0 aromatic heterocycles. The Balaban J connectivity index is 2.03. The zero-order valence-corrected chi connectivity index (χ0v) is 14.0. The number of aryl methyl sites for hydroxylation is 1. The van der Waals surface area contributed by atoms with Crippen molar-refractivity contribution < 1.29 is 14.3 Å². The third-order valence-corrected chi connectivity index (χ3v) is 3.60. The Labute approximate surface area is 138 Å². The molecule has 3 heteroatoms. The molecule has 0 spiro atoms. The van der Waals surface area contributed by atoms with Crippen molar-refractivity contribution in [1.82, 2.24) is 0 Å². The van der Waals surface area contributed by atoms with Crippen LogP contribution in [-0.2, 0) is 9.53 Å². The van der Waals surface area contributed by atoms with E-state index in [-0.39, 0.29) is 5.97 Å². The fourth-order valence-electron chi connectivity index (χ4n) is 2.23. The van der Waals surface area contributed by atoms with Gasteiger partial charge in [0.2, 0.25) is 0 Å². The van der Waals surface area contributed by atoms with Crippen molar-refractivity contribution in [3.63, 3.8) is 0 Å². The molecule has 0 fully saturated rings. The molecule has 0 amide bonds. The van der Waals surface area contributed by atoms with E-state index >= 15 is 0 Å². The summed E-state index contributed by atoms with van der Waals surface area (Å²) < 4.78 is 10.9. The first kappa shape index (κ1) is 17.1. The third kappa shape index (κ3) is 4.85. The predicted molar refractivity (Wildman–Crippen MR) is 92.6 cm³/mol. The van der Waals surface area contributed by atoms with Gasteiger partial charge in [-0.3, -0.25) is 0 Å². The highest BCUT2D eigenvalue weighted by molar-refractivity contribution is 5.75. The maximum atomic E-state index is 11.9. The number of hydrogen-bond acceptors (Lipinski definition) is 3. The Kier molecular flexibility index (Phi) is 6.21. The van der Waals surface area contributed by atoms with Gasteiger partial charge in [0.25, 0.3) is 0 Å². The Morgan fingerprint density at radius 1 is 0.957 bits per heavy atom. The van der Waals surface area contributed by atoms with Crippen LogP contribution in [0.1, 0.15) is 32.3 Å². The molecule has 122 valence electrons. The summed E-state index contributed by atoms with van der Waals surface area (Å²) in [4.78, 5) is 11.9. The predicted octanol–water partition coefficient (Wildman–Crippen LogP) is 4.77. The molecule has 3 nitrogen and oxygen atoms in total. The molecule has 0 aliphatic heterocycles. The van der Waals surface area contributed by atoms with E-state index in [1.54, 1.807) is 0 Å². The van der Waals surface area contributed by atoms with Gasteiger partial charge in [0, 0.05) is 0 Å². The molecule has 2 aromatic carbocycles. The van der Waals surface area contributed by atoms with Crippen molar-refractivity contribution in [3.05, 3.63) is 54.1 Å². The average Bonchev–Trinajstić information content (AvgIpc) is 2.59. The highest BCUT2D eigenvalue weighted by Gasteiger charge is 2.19. The van der Waals surface area contributed by atoms with Gasteiger partial charge in [0.1, 0.15) is 5.75 Å². The van der Waals surface area contributed by atoms with Crippen LogP contribution in [-0.4, -0.2) is 18.7 Å². The minimum Gasteiger partial charge on any atom is -0.479 e. The maximum Gasteiger partial charge on any atom is 0.347 e. The van der Waals surface area contributed by atoms with Crippen LogP contribution < -0.4 is 4.74 Å². The van der Waals surface area contributed by atoms with E-state index in [0.29, 0.717) is 18.8 Å². The first-order chi connectivity index (χ1) is 11.1. The summed E-state index contributed by atoms with van der Waals surface area (Å²) in [5.41, 5.74) is 3.53. The lowest BCUT2D eigenvalue weighted by Crippen LogP contribution is -2.28. The molecule has 0 aliphatic carbocycles. The molecule has 0 radical (unpaired) electrons. The van der Waals surface area contributed by atoms with Crippen molar-refractivity contribution in [1.29, 1.82) is 0 Å². The Hall–Kier alpha value is -2.29. The maximum absolute atomic E-state index is 11.9. The number of ether oxygens (including phenoxy) is 2. The standard InChI is InChI=1S/C20H24O3/c1-4-14-22-20(21)19(5-2)23-18-12-10-17(11-13-18)16-8-6-15(3)7-9-16/h6-13,19H,4-5,14H2,1-3H3/t19-/m1/s1. The molecule has 0 saturated heterocycles. The van der Waals surface area contributed by atoms with Crippen molar-refractivity contribution in [3.8, 4) is 16.9 Å². The zero-order valence-electron chi connectivity index (χ0n) is 14.0. The van der Waals surface area contributed by atoms with Crippen LogP contribution >= 0.6 is 0 Å². The lowest BCUT2D eigenvalue weighted by molar-refractivity contribution is -0.152. The molecule has 23 heavy (non-hydrogen) atoms. The van der Waals surface area contributed by atoms with E-state index in [1.807, 2.05) is 38.1 Å². The van der Waals surface area contributed by atoms with E-state index in [1.165, 1.54) is 5.56 Å². The second kappa shape index (κ2) is 8.37. The van der Waals surface area contributed by atoms with E-state index in [2.05, 4.69) is 31.2 Å². The van der Waals surface area contributed by atoms with Crippen LogP contribution in [0.15, 0.2) is 48.5 Å². The monoisotopic (exact) mass is 312 g/mol. The van der Waals surface area contributed by atoms with Gasteiger partial charge >= 0.3 is 5.97 Å². The van der Waals surface area contributed by atoms with Gasteiger partial charge in [-0.1, -0.05) is 55.8 Å². The first-order valence-corrected chi connectivity index (χ1v) is 8.14. The van der Waals surface area contributed by atoms with Crippen molar-refractivity contribution in [2.24, 2.45) is 0 Å². The van der Waals surface area contributed by atoms with Gasteiger partial charge in [-0.05, 0) is 43.0 Å². The molecule has 2 aromatic rings. The molecule has 0 saturated carbocycles. The number of benzene rings is 2. The fraction of sp³-hybridized carbons (Fsp3) is 0.350. The Bertz CT molecular complexity index is 614. The second-order valence-corrected chi connectivity index (χ2v) is 5.57. The molecule has 1 atom stereocenters. The van der Waals surface area contributed by atoms with Crippen molar-refractivity contribution >= 4 is 5.97 Å². The van der Waals surface area contributed by atoms with Crippen molar-refractivity contribution in [2.75, 3.05) is 6.61 Å². The van der Waals surface area contributed by atoms with Crippen molar-refractivity contribution in [2.45, 2.75) is 39.7 Å². The molecular weight excluding hydrogens is 288 g/mol. The van der Waals surface area contributed by atoms with Crippen LogP contribution in [0, 0.1) is 6.92 Å². The summed E-state index contributed by atoms with van der Waals surface area (Å²) in [7, 11) is 0. The Morgan fingerprint density at radius 3 is 2.04 bits per heavy atom. The minimum atomic E-state index is -0.549. The Morgan fingerprint density at radius 2 is 1.52 bits per heavy atom. The van der Waals surface area contributed by atoms with E-state index in [9.17, 15) is 4.79 Å². The van der Waals surface area contributed by atoms with Crippen LogP contribution in [0.5, 0.6) is 5.75 Å². The van der Waals surface area contributed by atoms with E-state index in [4.69, 9.17) is 9.47 Å². The lowest BCUT2D eigenvalue weighted by atomic mass is 10.0. The largest absolute Gasteiger partial charge is 0.479 e. The summed E-state index contributed by atoms with van der Waals surface area (Å²) in [6.45, 7) is 6.39. The molecule has 0 heterocycles. The van der Waals surface area contributed by atoms with Crippen LogP contribution in [0.2, 0.25) is 0 Å². The van der Waals surface area contributed by atoms with Gasteiger partial charge < -0.3 is 9.47 Å². The highest BCUT2D eigenvalue weighted by Crippen LogP contribution is 2.23. The molecule has 0 aliphatic rings.